The van der Waals surface area contributed by atoms with Gasteiger partial charge >= 0.3 is 0 Å². The van der Waals surface area contributed by atoms with Crippen LogP contribution in [-0.4, -0.2) is 34.3 Å². The molecule has 0 aliphatic heterocycles. The number of anilines is 1. The molecule has 1 aromatic rings. The van der Waals surface area contributed by atoms with Gasteiger partial charge in [0.25, 0.3) is 0 Å². The number of likely N-dealkylation sites (N-methyl/N-ethyl adjacent to an activating group) is 1. The van der Waals surface area contributed by atoms with E-state index >= 15 is 0 Å². The molecular weight excluding hydrogens is 294 g/mol. The summed E-state index contributed by atoms with van der Waals surface area (Å²) in [5, 5.41) is 10.1. The van der Waals surface area contributed by atoms with Gasteiger partial charge in [-0.2, -0.15) is 0 Å². The van der Waals surface area contributed by atoms with E-state index in [1.807, 2.05) is 20.0 Å². The Morgan fingerprint density at radius 2 is 2.11 bits per heavy atom. The summed E-state index contributed by atoms with van der Waals surface area (Å²) in [5.74, 6) is 1.72. The van der Waals surface area contributed by atoms with Crippen LogP contribution in [0.25, 0.3) is 0 Å². The summed E-state index contributed by atoms with van der Waals surface area (Å²) < 4.78 is 0.807. The zero-order chi connectivity index (χ0) is 13.1. The highest BCUT2D eigenvalue weighted by atomic mass is 79.9. The highest BCUT2D eigenvalue weighted by Gasteiger charge is 2.27. The number of aryl methyl sites for hydroxylation is 1. The molecule has 1 N–H and O–H groups in total. The van der Waals surface area contributed by atoms with Crippen molar-refractivity contribution in [2.24, 2.45) is 0 Å². The van der Waals surface area contributed by atoms with Crippen molar-refractivity contribution in [2.75, 3.05) is 11.9 Å². The first kappa shape index (κ1) is 13.7. The first-order chi connectivity index (χ1) is 8.61. The summed E-state index contributed by atoms with van der Waals surface area (Å²) in [6, 6.07) is 2.09. The van der Waals surface area contributed by atoms with Gasteiger partial charge in [0.05, 0.1) is 12.1 Å². The lowest BCUT2D eigenvalue weighted by molar-refractivity contribution is 0.106. The van der Waals surface area contributed by atoms with E-state index in [1.165, 1.54) is 6.42 Å². The lowest BCUT2D eigenvalue weighted by Gasteiger charge is -2.36. The number of aliphatic hydroxyl groups is 1. The summed E-state index contributed by atoms with van der Waals surface area (Å²) in [7, 11) is 2.01. The number of rotatable bonds is 3. The van der Waals surface area contributed by atoms with Crippen molar-refractivity contribution in [1.82, 2.24) is 9.97 Å². The van der Waals surface area contributed by atoms with E-state index < -0.39 is 0 Å². The number of aliphatic hydroxyl groups excluding tert-OH is 1. The monoisotopic (exact) mass is 313 g/mol. The zero-order valence-corrected chi connectivity index (χ0v) is 12.5. The zero-order valence-electron chi connectivity index (χ0n) is 10.9. The molecule has 1 saturated carbocycles. The third-order valence-electron chi connectivity index (χ3n) is 3.60. The molecule has 18 heavy (non-hydrogen) atoms. The van der Waals surface area contributed by atoms with Gasteiger partial charge in [0, 0.05) is 19.5 Å². The Balaban J connectivity index is 2.21. The largest absolute Gasteiger partial charge is 0.391 e. The number of hydrogen-bond acceptors (Lipinski definition) is 4. The maximum atomic E-state index is 10.1. The molecule has 2 rings (SSSR count). The average Bonchev–Trinajstić information content (AvgIpc) is 2.37. The smallest absolute Gasteiger partial charge is 0.133 e. The standard InChI is InChI=1S/C13H20BrN3O/c1-3-12-15-11(14)8-13(16-12)17(2)9-6-4-5-7-10(9)18/h8-10,18H,3-7H2,1-2H3. The molecule has 1 heterocycles. The fourth-order valence-corrected chi connectivity index (χ4v) is 2.91. The van der Waals surface area contributed by atoms with Gasteiger partial charge in [0.15, 0.2) is 0 Å². The van der Waals surface area contributed by atoms with E-state index in [9.17, 15) is 5.11 Å². The Hall–Kier alpha value is -0.680. The maximum absolute atomic E-state index is 10.1. The minimum Gasteiger partial charge on any atom is -0.391 e. The Bertz CT molecular complexity index is 413. The molecule has 100 valence electrons. The van der Waals surface area contributed by atoms with Gasteiger partial charge in [-0.3, -0.25) is 0 Å². The fourth-order valence-electron chi connectivity index (χ4n) is 2.50. The highest BCUT2D eigenvalue weighted by molar-refractivity contribution is 9.10. The predicted molar refractivity (Wildman–Crippen MR) is 75.8 cm³/mol. The lowest BCUT2D eigenvalue weighted by Crippen LogP contribution is -2.43. The van der Waals surface area contributed by atoms with Gasteiger partial charge in [0.2, 0.25) is 0 Å². The molecule has 0 radical (unpaired) electrons. The third kappa shape index (κ3) is 3.01. The molecule has 0 spiro atoms. The van der Waals surface area contributed by atoms with Crippen molar-refractivity contribution in [1.29, 1.82) is 0 Å². The fraction of sp³-hybridized carbons (Fsp3) is 0.692. The minimum absolute atomic E-state index is 0.172. The van der Waals surface area contributed by atoms with Crippen LogP contribution in [0.4, 0.5) is 5.82 Å². The minimum atomic E-state index is -0.248. The molecule has 1 fully saturated rings. The van der Waals surface area contributed by atoms with Crippen LogP contribution in [0.15, 0.2) is 10.7 Å². The van der Waals surface area contributed by atoms with Crippen molar-refractivity contribution < 1.29 is 5.11 Å². The number of halogens is 1. The predicted octanol–water partition coefficient (Wildman–Crippen LogP) is 2.54. The van der Waals surface area contributed by atoms with Crippen molar-refractivity contribution in [2.45, 2.75) is 51.2 Å². The molecule has 4 nitrogen and oxygen atoms in total. The Morgan fingerprint density at radius 1 is 1.39 bits per heavy atom. The van der Waals surface area contributed by atoms with E-state index in [-0.39, 0.29) is 12.1 Å². The van der Waals surface area contributed by atoms with E-state index in [1.54, 1.807) is 0 Å². The number of aromatic nitrogens is 2. The van der Waals surface area contributed by atoms with Gasteiger partial charge in [-0.1, -0.05) is 19.8 Å². The van der Waals surface area contributed by atoms with Crippen molar-refractivity contribution in [3.05, 3.63) is 16.5 Å². The molecule has 2 atom stereocenters. The SMILES string of the molecule is CCc1nc(Br)cc(N(C)C2CCCCC2O)n1. The molecule has 1 aliphatic rings. The normalized spacial score (nSPS) is 24.0. The van der Waals surface area contributed by atoms with Crippen LogP contribution < -0.4 is 4.90 Å². The molecule has 1 aliphatic carbocycles. The van der Waals surface area contributed by atoms with Crippen LogP contribution in [-0.2, 0) is 6.42 Å². The second-order valence-corrected chi connectivity index (χ2v) is 5.66. The second-order valence-electron chi connectivity index (χ2n) is 4.85. The lowest BCUT2D eigenvalue weighted by atomic mass is 9.91. The van der Waals surface area contributed by atoms with Crippen LogP contribution in [0.3, 0.4) is 0 Å². The van der Waals surface area contributed by atoms with Gasteiger partial charge < -0.3 is 10.0 Å². The van der Waals surface area contributed by atoms with Gasteiger partial charge in [0.1, 0.15) is 16.2 Å². The summed E-state index contributed by atoms with van der Waals surface area (Å²) in [6.45, 7) is 2.04. The van der Waals surface area contributed by atoms with Crippen molar-refractivity contribution >= 4 is 21.7 Å². The molecule has 0 aromatic carbocycles. The van der Waals surface area contributed by atoms with Crippen LogP contribution in [0.1, 0.15) is 38.4 Å². The average molecular weight is 314 g/mol. The Morgan fingerprint density at radius 3 is 2.78 bits per heavy atom. The molecule has 0 bridgehead atoms. The van der Waals surface area contributed by atoms with Gasteiger partial charge in [-0.25, -0.2) is 9.97 Å². The Kier molecular flexibility index (Phi) is 4.56. The second kappa shape index (κ2) is 5.97. The molecule has 0 amide bonds. The van der Waals surface area contributed by atoms with Crippen LogP contribution in [0, 0.1) is 0 Å². The molecule has 1 aromatic heterocycles. The molecule has 2 unspecified atom stereocenters. The molecular formula is C13H20BrN3O. The number of nitrogens with zero attached hydrogens (tertiary/aromatic N) is 3. The summed E-state index contributed by atoms with van der Waals surface area (Å²) in [4.78, 5) is 10.9. The summed E-state index contributed by atoms with van der Waals surface area (Å²) >= 11 is 3.42. The Labute approximate surface area is 117 Å². The quantitative estimate of drug-likeness (QED) is 0.871. The number of hydrogen-bond donors (Lipinski definition) is 1. The highest BCUT2D eigenvalue weighted by Crippen LogP contribution is 2.26. The van der Waals surface area contributed by atoms with Gasteiger partial charge in [-0.05, 0) is 28.8 Å². The van der Waals surface area contributed by atoms with Gasteiger partial charge in [-0.15, -0.1) is 0 Å². The van der Waals surface area contributed by atoms with E-state index in [0.717, 1.165) is 41.9 Å². The van der Waals surface area contributed by atoms with Crippen molar-refractivity contribution in [3.63, 3.8) is 0 Å². The third-order valence-corrected chi connectivity index (χ3v) is 4.00. The van der Waals surface area contributed by atoms with Crippen LogP contribution >= 0.6 is 15.9 Å². The summed E-state index contributed by atoms with van der Waals surface area (Å²) in [6.07, 6.45) is 4.79. The topological polar surface area (TPSA) is 49.2 Å². The molecule has 0 saturated heterocycles. The first-order valence-electron chi connectivity index (χ1n) is 6.56. The summed E-state index contributed by atoms with van der Waals surface area (Å²) in [5.41, 5.74) is 0. The first-order valence-corrected chi connectivity index (χ1v) is 7.35. The van der Waals surface area contributed by atoms with Crippen LogP contribution in [0.2, 0.25) is 0 Å². The van der Waals surface area contributed by atoms with E-state index in [0.29, 0.717) is 0 Å². The molecule has 5 heteroatoms. The van der Waals surface area contributed by atoms with E-state index in [4.69, 9.17) is 0 Å². The maximum Gasteiger partial charge on any atom is 0.133 e. The van der Waals surface area contributed by atoms with Crippen molar-refractivity contribution in [3.8, 4) is 0 Å². The van der Waals surface area contributed by atoms with Crippen LogP contribution in [0.5, 0.6) is 0 Å². The van der Waals surface area contributed by atoms with E-state index in [2.05, 4.69) is 30.8 Å².